The number of hydrogen-bond acceptors (Lipinski definition) is 3. The van der Waals surface area contributed by atoms with Crippen molar-refractivity contribution >= 4 is 39.9 Å². The summed E-state index contributed by atoms with van der Waals surface area (Å²) in [4.78, 5) is 5.78. The van der Waals surface area contributed by atoms with Gasteiger partial charge in [0.25, 0.3) is 0 Å². The van der Waals surface area contributed by atoms with Crippen LogP contribution >= 0.6 is 34.7 Å². The average Bonchev–Trinajstić information content (AvgIpc) is 2.83. The zero-order valence-electron chi connectivity index (χ0n) is 9.42. The number of thiophene rings is 1. The van der Waals surface area contributed by atoms with Gasteiger partial charge in [-0.3, -0.25) is 4.99 Å². The third-order valence-electron chi connectivity index (χ3n) is 2.72. The highest BCUT2D eigenvalue weighted by Gasteiger charge is 2.30. The number of halogens is 1. The zero-order chi connectivity index (χ0) is 11.6. The molecule has 1 atom stereocenters. The fourth-order valence-electron chi connectivity index (χ4n) is 1.42. The molecule has 0 spiro atoms. The third kappa shape index (κ3) is 2.93. The van der Waals surface area contributed by atoms with Crippen molar-refractivity contribution in [3.05, 3.63) is 21.3 Å². The molecule has 0 aromatic carbocycles. The second-order valence-corrected chi connectivity index (χ2v) is 6.92. The van der Waals surface area contributed by atoms with Crippen molar-refractivity contribution in [2.75, 3.05) is 5.75 Å². The second kappa shape index (κ2) is 4.98. The van der Waals surface area contributed by atoms with Gasteiger partial charge in [0.1, 0.15) is 0 Å². The number of nitrogens with one attached hydrogen (secondary N) is 1. The van der Waals surface area contributed by atoms with Crippen molar-refractivity contribution in [1.29, 1.82) is 0 Å². The van der Waals surface area contributed by atoms with E-state index in [0.717, 1.165) is 28.2 Å². The molecule has 0 saturated carbocycles. The predicted molar refractivity (Wildman–Crippen MR) is 74.8 cm³/mol. The Morgan fingerprint density at radius 3 is 2.94 bits per heavy atom. The first kappa shape index (κ1) is 12.3. The Kier molecular flexibility index (Phi) is 3.82. The molecule has 1 aliphatic heterocycles. The number of thioether (sulfide) groups is 1. The lowest BCUT2D eigenvalue weighted by Crippen LogP contribution is -2.39. The molecule has 5 heteroatoms. The maximum atomic E-state index is 5.87. The first-order chi connectivity index (χ1) is 7.61. The van der Waals surface area contributed by atoms with E-state index in [1.165, 1.54) is 4.88 Å². The van der Waals surface area contributed by atoms with Crippen molar-refractivity contribution in [1.82, 2.24) is 5.32 Å². The number of nitrogens with zero attached hydrogens (tertiary/aromatic N) is 1. The van der Waals surface area contributed by atoms with Crippen LogP contribution < -0.4 is 5.32 Å². The summed E-state index contributed by atoms with van der Waals surface area (Å²) in [5, 5.41) is 4.54. The largest absolute Gasteiger partial charge is 0.359 e. The van der Waals surface area contributed by atoms with Gasteiger partial charge in [-0.2, -0.15) is 0 Å². The summed E-state index contributed by atoms with van der Waals surface area (Å²) in [5.74, 6) is 1.10. The lowest BCUT2D eigenvalue weighted by molar-refractivity contribution is 0.466. The molecule has 0 bridgehead atoms. The van der Waals surface area contributed by atoms with Gasteiger partial charge in [0, 0.05) is 16.2 Å². The van der Waals surface area contributed by atoms with Crippen LogP contribution in [0.2, 0.25) is 4.34 Å². The van der Waals surface area contributed by atoms with E-state index in [0.29, 0.717) is 0 Å². The Morgan fingerprint density at radius 2 is 2.38 bits per heavy atom. The van der Waals surface area contributed by atoms with Crippen molar-refractivity contribution in [2.24, 2.45) is 4.99 Å². The number of amidine groups is 1. The molecule has 0 radical (unpaired) electrons. The summed E-state index contributed by atoms with van der Waals surface area (Å²) in [7, 11) is 0. The normalized spacial score (nSPS) is 27.3. The number of hydrogen-bond donors (Lipinski definition) is 1. The summed E-state index contributed by atoms with van der Waals surface area (Å²) in [6, 6.07) is 3.96. The molecule has 1 unspecified atom stereocenters. The van der Waals surface area contributed by atoms with Gasteiger partial charge in [-0.15, -0.1) is 11.3 Å². The maximum Gasteiger partial charge on any atom is 0.157 e. The molecule has 0 amide bonds. The van der Waals surface area contributed by atoms with Crippen molar-refractivity contribution in [3.8, 4) is 0 Å². The SMILES string of the molecule is CCC1(C)CSC(=NCc2ccc(Cl)s2)N1. The van der Waals surface area contributed by atoms with E-state index in [-0.39, 0.29) is 5.54 Å². The number of aliphatic imine (C=N–C) groups is 1. The molecular formula is C11H15ClN2S2. The summed E-state index contributed by atoms with van der Waals surface area (Å²) in [6.07, 6.45) is 1.13. The minimum Gasteiger partial charge on any atom is -0.359 e. The van der Waals surface area contributed by atoms with E-state index in [2.05, 4.69) is 24.2 Å². The first-order valence-electron chi connectivity index (χ1n) is 5.31. The van der Waals surface area contributed by atoms with E-state index in [1.54, 1.807) is 11.3 Å². The Bertz CT molecular complexity index is 402. The highest BCUT2D eigenvalue weighted by molar-refractivity contribution is 8.14. The minimum atomic E-state index is 0.219. The van der Waals surface area contributed by atoms with E-state index in [9.17, 15) is 0 Å². The molecule has 1 aliphatic rings. The molecule has 16 heavy (non-hydrogen) atoms. The van der Waals surface area contributed by atoms with E-state index >= 15 is 0 Å². The summed E-state index contributed by atoms with van der Waals surface area (Å²) in [5.41, 5.74) is 0.219. The van der Waals surface area contributed by atoms with E-state index < -0.39 is 0 Å². The molecular weight excluding hydrogens is 260 g/mol. The van der Waals surface area contributed by atoms with Crippen molar-refractivity contribution in [2.45, 2.75) is 32.4 Å². The van der Waals surface area contributed by atoms with Gasteiger partial charge in [-0.1, -0.05) is 30.3 Å². The van der Waals surface area contributed by atoms with Crippen LogP contribution in [0.15, 0.2) is 17.1 Å². The molecule has 0 aliphatic carbocycles. The molecule has 88 valence electrons. The number of rotatable bonds is 3. The molecule has 2 rings (SSSR count). The lowest BCUT2D eigenvalue weighted by atomic mass is 10.0. The van der Waals surface area contributed by atoms with Gasteiger partial charge in [0.15, 0.2) is 5.17 Å². The highest BCUT2D eigenvalue weighted by atomic mass is 35.5. The topological polar surface area (TPSA) is 24.4 Å². The Morgan fingerprint density at radius 1 is 1.56 bits per heavy atom. The fraction of sp³-hybridized carbons (Fsp3) is 0.545. The van der Waals surface area contributed by atoms with Crippen LogP contribution in [0.3, 0.4) is 0 Å². The van der Waals surface area contributed by atoms with Gasteiger partial charge in [0.05, 0.1) is 10.9 Å². The summed E-state index contributed by atoms with van der Waals surface area (Å²) >= 11 is 9.28. The Balaban J connectivity index is 1.95. The molecule has 1 aromatic rings. The molecule has 2 nitrogen and oxygen atoms in total. The second-order valence-electron chi connectivity index (χ2n) is 4.16. The van der Waals surface area contributed by atoms with Gasteiger partial charge in [-0.25, -0.2) is 0 Å². The van der Waals surface area contributed by atoms with Crippen molar-refractivity contribution in [3.63, 3.8) is 0 Å². The van der Waals surface area contributed by atoms with Gasteiger partial charge in [-0.05, 0) is 25.5 Å². The van der Waals surface area contributed by atoms with Crippen LogP contribution in [0.1, 0.15) is 25.1 Å². The molecule has 2 heterocycles. The smallest absolute Gasteiger partial charge is 0.157 e. The van der Waals surface area contributed by atoms with Crippen LogP contribution in [-0.4, -0.2) is 16.5 Å². The molecule has 1 aromatic heterocycles. The van der Waals surface area contributed by atoms with Gasteiger partial charge >= 0.3 is 0 Å². The van der Waals surface area contributed by atoms with Crippen molar-refractivity contribution < 1.29 is 0 Å². The Labute approximate surface area is 109 Å². The van der Waals surface area contributed by atoms with Gasteiger partial charge in [0.2, 0.25) is 0 Å². The van der Waals surface area contributed by atoms with Crippen LogP contribution in [0.4, 0.5) is 0 Å². The van der Waals surface area contributed by atoms with Crippen LogP contribution in [0, 0.1) is 0 Å². The molecule has 1 saturated heterocycles. The lowest BCUT2D eigenvalue weighted by Gasteiger charge is -2.20. The predicted octanol–water partition coefficient (Wildman–Crippen LogP) is 3.76. The Hall–Kier alpha value is -0.190. The van der Waals surface area contributed by atoms with E-state index in [4.69, 9.17) is 11.6 Å². The summed E-state index contributed by atoms with van der Waals surface area (Å²) < 4.78 is 0.834. The van der Waals surface area contributed by atoms with Crippen LogP contribution in [-0.2, 0) is 6.54 Å². The van der Waals surface area contributed by atoms with E-state index in [1.807, 2.05) is 23.9 Å². The zero-order valence-corrected chi connectivity index (χ0v) is 11.8. The fourth-order valence-corrected chi connectivity index (χ4v) is 3.64. The van der Waals surface area contributed by atoms with Gasteiger partial charge < -0.3 is 5.32 Å². The highest BCUT2D eigenvalue weighted by Crippen LogP contribution is 2.27. The molecule has 1 fully saturated rings. The monoisotopic (exact) mass is 274 g/mol. The minimum absolute atomic E-state index is 0.219. The standard InChI is InChI=1S/C11H15ClN2S2/c1-3-11(2)7-15-10(14-11)13-6-8-4-5-9(12)16-8/h4-5H,3,6-7H2,1-2H3,(H,13,14). The summed E-state index contributed by atoms with van der Waals surface area (Å²) in [6.45, 7) is 5.17. The maximum absolute atomic E-state index is 5.87. The first-order valence-corrected chi connectivity index (χ1v) is 7.49. The third-order valence-corrected chi connectivity index (χ3v) is 5.23. The average molecular weight is 275 g/mol. The van der Waals surface area contributed by atoms with Crippen LogP contribution in [0.5, 0.6) is 0 Å². The molecule has 1 N–H and O–H groups in total. The quantitative estimate of drug-likeness (QED) is 0.908. The van der Waals surface area contributed by atoms with Crippen LogP contribution in [0.25, 0.3) is 0 Å².